The van der Waals surface area contributed by atoms with Crippen LogP contribution in [0.5, 0.6) is 11.5 Å². The van der Waals surface area contributed by atoms with E-state index in [4.69, 9.17) is 16.0 Å². The highest BCUT2D eigenvalue weighted by atomic mass is 32.2. The van der Waals surface area contributed by atoms with Gasteiger partial charge in [-0.15, -0.1) is 0 Å². The molecule has 8 nitrogen and oxygen atoms in total. The summed E-state index contributed by atoms with van der Waals surface area (Å²) in [5, 5.41) is 9.99. The number of hydrogen-bond donors (Lipinski definition) is 0. The maximum atomic E-state index is 13.9. The highest BCUT2D eigenvalue weighted by Crippen LogP contribution is 2.69. The molecule has 3 aromatic rings. The normalized spacial score (nSPS) is 14.8. The first-order valence-corrected chi connectivity index (χ1v) is 24.4. The van der Waals surface area contributed by atoms with Crippen molar-refractivity contribution in [1.29, 1.82) is 5.26 Å². The van der Waals surface area contributed by atoms with Gasteiger partial charge < -0.3 is 9.47 Å². The molecule has 0 saturated carbocycles. The minimum atomic E-state index is -4.16. The van der Waals surface area contributed by atoms with Crippen LogP contribution >= 0.6 is 47.0 Å². The topological polar surface area (TPSA) is 115 Å². The van der Waals surface area contributed by atoms with Crippen molar-refractivity contribution in [1.82, 2.24) is 0 Å². The maximum absolute atomic E-state index is 13.9. The van der Waals surface area contributed by atoms with E-state index in [1.807, 2.05) is 6.07 Å². The molecule has 0 spiro atoms. The number of sulfone groups is 2. The van der Waals surface area contributed by atoms with Gasteiger partial charge in [-0.25, -0.2) is 21.7 Å². The summed E-state index contributed by atoms with van der Waals surface area (Å²) in [6, 6.07) is 17.9. The molecular formula is C40H44N2O6S6. The molecule has 0 aromatic heterocycles. The van der Waals surface area contributed by atoms with Crippen molar-refractivity contribution in [2.75, 3.05) is 13.2 Å². The third-order valence-electron chi connectivity index (χ3n) is 9.22. The molecule has 2 atom stereocenters. The number of fused-ring (bicyclic) bond motifs is 2. The Hall–Kier alpha value is -2.98. The second-order valence-electron chi connectivity index (χ2n) is 12.9. The quantitative estimate of drug-likeness (QED) is 0.0900. The van der Waals surface area contributed by atoms with Crippen molar-refractivity contribution in [3.8, 4) is 17.6 Å². The Labute approximate surface area is 337 Å². The Kier molecular flexibility index (Phi) is 15.0. The van der Waals surface area contributed by atoms with E-state index >= 15 is 0 Å². The zero-order valence-corrected chi connectivity index (χ0v) is 35.7. The summed E-state index contributed by atoms with van der Waals surface area (Å²) in [4.78, 5) is 5.77. The minimum Gasteiger partial charge on any atom is -0.491 e. The summed E-state index contributed by atoms with van der Waals surface area (Å²) >= 11 is 4.67. The Morgan fingerprint density at radius 2 is 1.09 bits per heavy atom. The summed E-state index contributed by atoms with van der Waals surface area (Å²) in [5.41, 5.74) is 0. The molecule has 0 N–H and O–H groups in total. The molecule has 2 aliphatic heterocycles. The van der Waals surface area contributed by atoms with Gasteiger partial charge in [-0.3, -0.25) is 0 Å². The predicted molar refractivity (Wildman–Crippen MR) is 221 cm³/mol. The third-order valence-corrected chi connectivity index (χ3v) is 18.3. The van der Waals surface area contributed by atoms with Crippen LogP contribution in [0.1, 0.15) is 79.1 Å². The zero-order chi connectivity index (χ0) is 38.9. The number of ether oxygens (including phenoxy) is 2. The highest BCUT2D eigenvalue weighted by molar-refractivity contribution is 8.26. The van der Waals surface area contributed by atoms with Gasteiger partial charge in [-0.05, 0) is 48.9 Å². The monoisotopic (exact) mass is 840 g/mol. The number of allylic oxidation sites excluding steroid dienone is 1. The van der Waals surface area contributed by atoms with Crippen molar-refractivity contribution in [2.45, 2.75) is 108 Å². The minimum absolute atomic E-state index is 0.0252. The van der Waals surface area contributed by atoms with Crippen LogP contribution in [0.15, 0.2) is 108 Å². The molecule has 0 radical (unpaired) electrons. The Bertz CT molecular complexity index is 1990. The van der Waals surface area contributed by atoms with Crippen molar-refractivity contribution in [3.63, 3.8) is 0 Å². The molecule has 5 rings (SSSR count). The SMILES string of the molecule is [C-]#[N+]C(=C1Sc2c(OCC(CC)CCCC)c3c(c(OCC(CC)CCCC)c2S1)SC(=C(C#N)S(=O)(=O)c1ccccc1)S3)S(=O)(=O)c1ccccc1. The first-order chi connectivity index (χ1) is 26.0. The lowest BCUT2D eigenvalue weighted by Gasteiger charge is -2.22. The molecule has 2 heterocycles. The molecule has 0 fully saturated rings. The molecule has 0 aliphatic carbocycles. The van der Waals surface area contributed by atoms with E-state index in [0.717, 1.165) is 74.9 Å². The molecule has 14 heteroatoms. The van der Waals surface area contributed by atoms with Gasteiger partial charge in [0.05, 0.1) is 57.6 Å². The number of hydrogen-bond acceptors (Lipinski definition) is 11. The second kappa shape index (κ2) is 19.2. The smallest absolute Gasteiger partial charge is 0.303 e. The Balaban J connectivity index is 1.71. The third kappa shape index (κ3) is 9.17. The van der Waals surface area contributed by atoms with Gasteiger partial charge in [0.25, 0.3) is 0 Å². The summed E-state index contributed by atoms with van der Waals surface area (Å²) in [7, 11) is -8.31. The lowest BCUT2D eigenvalue weighted by atomic mass is 10.0. The van der Waals surface area contributed by atoms with Crippen molar-refractivity contribution < 1.29 is 26.3 Å². The van der Waals surface area contributed by atoms with Gasteiger partial charge in [0.2, 0.25) is 19.7 Å². The average Bonchev–Trinajstić information content (AvgIpc) is 3.81. The fourth-order valence-corrected chi connectivity index (χ4v) is 14.9. The number of nitrogens with zero attached hydrogens (tertiary/aromatic N) is 2. The summed E-state index contributed by atoms with van der Waals surface area (Å²) in [5.74, 6) is 1.47. The van der Waals surface area contributed by atoms with Crippen LogP contribution < -0.4 is 9.47 Å². The van der Waals surface area contributed by atoms with E-state index in [9.17, 15) is 22.1 Å². The van der Waals surface area contributed by atoms with Gasteiger partial charge in [-0.1, -0.05) is 150 Å². The maximum Gasteiger partial charge on any atom is 0.303 e. The lowest BCUT2D eigenvalue weighted by Crippen LogP contribution is -2.14. The average molecular weight is 841 g/mol. The van der Waals surface area contributed by atoms with Gasteiger partial charge in [-0.2, -0.15) is 5.26 Å². The summed E-state index contributed by atoms with van der Waals surface area (Å²) in [6.45, 7) is 17.4. The second-order valence-corrected chi connectivity index (χ2v) is 21.3. The van der Waals surface area contributed by atoms with E-state index in [1.54, 1.807) is 36.4 Å². The van der Waals surface area contributed by atoms with Crippen LogP contribution in [0.2, 0.25) is 0 Å². The van der Waals surface area contributed by atoms with Gasteiger partial charge in [0.1, 0.15) is 17.6 Å². The van der Waals surface area contributed by atoms with Crippen LogP contribution in [0.3, 0.4) is 0 Å². The summed E-state index contributed by atoms with van der Waals surface area (Å²) in [6.07, 6.45) is 7.93. The lowest BCUT2D eigenvalue weighted by molar-refractivity contribution is 0.210. The molecule has 2 aliphatic rings. The van der Waals surface area contributed by atoms with E-state index in [-0.39, 0.29) is 31.6 Å². The summed E-state index contributed by atoms with van der Waals surface area (Å²) < 4.78 is 69.6. The predicted octanol–water partition coefficient (Wildman–Crippen LogP) is 12.0. The molecule has 0 saturated heterocycles. The molecule has 3 aromatic carbocycles. The van der Waals surface area contributed by atoms with E-state index in [1.165, 1.54) is 47.8 Å². The van der Waals surface area contributed by atoms with Gasteiger partial charge in [0.15, 0.2) is 4.91 Å². The van der Waals surface area contributed by atoms with Crippen LogP contribution in [-0.4, -0.2) is 30.0 Å². The Morgan fingerprint density at radius 1 is 0.685 bits per heavy atom. The fourth-order valence-electron chi connectivity index (χ4n) is 5.90. The number of rotatable bonds is 18. The van der Waals surface area contributed by atoms with Crippen LogP contribution in [-0.2, 0) is 19.7 Å². The van der Waals surface area contributed by atoms with Crippen LogP contribution in [0.25, 0.3) is 4.85 Å². The van der Waals surface area contributed by atoms with Crippen LogP contribution in [0, 0.1) is 29.7 Å². The Morgan fingerprint density at radius 3 is 1.46 bits per heavy atom. The molecule has 0 bridgehead atoms. The van der Waals surface area contributed by atoms with Gasteiger partial charge >= 0.3 is 5.03 Å². The fraction of sp³-hybridized carbons (Fsp3) is 0.400. The first-order valence-electron chi connectivity index (χ1n) is 18.1. The van der Waals surface area contributed by atoms with Crippen LogP contribution in [0.4, 0.5) is 0 Å². The van der Waals surface area contributed by atoms with Crippen molar-refractivity contribution >= 4 is 66.7 Å². The number of benzene rings is 3. The zero-order valence-electron chi connectivity index (χ0n) is 30.8. The van der Waals surface area contributed by atoms with E-state index in [0.29, 0.717) is 52.8 Å². The molecule has 2 unspecified atom stereocenters. The molecule has 54 heavy (non-hydrogen) atoms. The van der Waals surface area contributed by atoms with Gasteiger partial charge in [0, 0.05) is 0 Å². The van der Waals surface area contributed by atoms with E-state index in [2.05, 4.69) is 32.5 Å². The molecular weight excluding hydrogens is 797 g/mol. The first kappa shape index (κ1) is 42.2. The van der Waals surface area contributed by atoms with E-state index < -0.39 is 19.7 Å². The van der Waals surface area contributed by atoms with Crippen molar-refractivity contribution in [2.24, 2.45) is 11.8 Å². The standard InChI is InChI=1S/C40H44N2O6S6/c1-6-10-18-27(8-3)25-47-32-34-35(50-39(49-34)31(24-41)53(43,44)29-20-14-12-15-21-29)33(48-26-28(9-4)19-11-7-2)37-36(32)51-40(52-37)38(42-5)54(45,46)30-22-16-13-17-23-30/h12-17,20-23,27-28H,6-11,18-19,25-26H2,1-4H3. The molecule has 286 valence electrons. The largest absolute Gasteiger partial charge is 0.491 e. The number of unbranched alkanes of at least 4 members (excludes halogenated alkanes) is 2. The highest BCUT2D eigenvalue weighted by Gasteiger charge is 2.41. The number of nitriles is 1. The number of thioether (sulfide) groups is 4. The molecule has 0 amide bonds. The van der Waals surface area contributed by atoms with Crippen molar-refractivity contribution in [3.05, 3.63) is 90.5 Å².